The molecular weight excluding hydrogens is 344 g/mol. The predicted molar refractivity (Wildman–Crippen MR) is 114 cm³/mol. The number of hydrogen-bond acceptors (Lipinski definition) is 4. The number of nitrogens with zero attached hydrogens (tertiary/aromatic N) is 3. The molecule has 0 spiro atoms. The molecule has 0 saturated heterocycles. The molecular formula is C24H28N4. The van der Waals surface area contributed by atoms with E-state index in [1.165, 1.54) is 24.0 Å². The van der Waals surface area contributed by atoms with Crippen LogP contribution in [0, 0.1) is 0 Å². The minimum absolute atomic E-state index is 0.191. The van der Waals surface area contributed by atoms with Crippen molar-refractivity contribution in [2.45, 2.75) is 57.9 Å². The summed E-state index contributed by atoms with van der Waals surface area (Å²) < 4.78 is 0. The molecule has 1 aromatic carbocycles. The third-order valence-electron chi connectivity index (χ3n) is 6.00. The number of anilines is 1. The normalized spacial score (nSPS) is 17.0. The summed E-state index contributed by atoms with van der Waals surface area (Å²) in [5.74, 6) is 0.645. The van der Waals surface area contributed by atoms with Crippen LogP contribution in [0.4, 0.5) is 5.95 Å². The lowest BCUT2D eigenvalue weighted by Gasteiger charge is -2.42. The first-order valence-electron chi connectivity index (χ1n) is 9.96. The zero-order chi connectivity index (χ0) is 19.8. The molecule has 0 atom stereocenters. The topological polar surface area (TPSA) is 50.7 Å². The summed E-state index contributed by atoms with van der Waals surface area (Å²) in [6.45, 7) is 10.1. The van der Waals surface area contributed by atoms with Crippen molar-refractivity contribution in [3.05, 3.63) is 71.7 Å². The monoisotopic (exact) mass is 372 g/mol. The van der Waals surface area contributed by atoms with Crippen LogP contribution in [-0.4, -0.2) is 15.0 Å². The average Bonchev–Trinajstić information content (AvgIpc) is 2.71. The van der Waals surface area contributed by atoms with E-state index >= 15 is 0 Å². The maximum atomic E-state index is 4.75. The number of rotatable bonds is 4. The Bertz CT molecular complexity index is 977. The molecule has 3 aromatic rings. The van der Waals surface area contributed by atoms with E-state index in [-0.39, 0.29) is 10.8 Å². The van der Waals surface area contributed by atoms with Crippen molar-refractivity contribution >= 4 is 5.95 Å². The van der Waals surface area contributed by atoms with E-state index in [9.17, 15) is 0 Å². The Morgan fingerprint density at radius 2 is 1.57 bits per heavy atom. The Morgan fingerprint density at radius 1 is 0.857 bits per heavy atom. The van der Waals surface area contributed by atoms with Gasteiger partial charge < -0.3 is 5.32 Å². The molecule has 4 nitrogen and oxygen atoms in total. The number of fused-ring (bicyclic) bond motifs is 1. The van der Waals surface area contributed by atoms with E-state index in [2.05, 4.69) is 61.2 Å². The van der Waals surface area contributed by atoms with E-state index in [0.717, 1.165) is 16.8 Å². The van der Waals surface area contributed by atoms with Crippen LogP contribution in [0.25, 0.3) is 11.3 Å². The predicted octanol–water partition coefficient (Wildman–Crippen LogP) is 5.50. The zero-order valence-corrected chi connectivity index (χ0v) is 17.2. The number of aromatic nitrogens is 3. The minimum atomic E-state index is 0.191. The van der Waals surface area contributed by atoms with Gasteiger partial charge in [-0.05, 0) is 64.6 Å². The number of benzene rings is 1. The van der Waals surface area contributed by atoms with Gasteiger partial charge in [-0.3, -0.25) is 4.98 Å². The fourth-order valence-electron chi connectivity index (χ4n) is 4.03. The highest BCUT2D eigenvalue weighted by molar-refractivity contribution is 5.63. The van der Waals surface area contributed by atoms with Gasteiger partial charge in [-0.15, -0.1) is 0 Å². The van der Waals surface area contributed by atoms with Gasteiger partial charge in [0.05, 0.1) is 5.69 Å². The fourth-order valence-corrected chi connectivity index (χ4v) is 4.03. The lowest BCUT2D eigenvalue weighted by Crippen LogP contribution is -2.33. The summed E-state index contributed by atoms with van der Waals surface area (Å²) >= 11 is 0. The molecule has 2 heterocycles. The van der Waals surface area contributed by atoms with E-state index in [4.69, 9.17) is 4.98 Å². The molecule has 0 unspecified atom stereocenters. The Kier molecular flexibility index (Phi) is 4.66. The van der Waals surface area contributed by atoms with Crippen molar-refractivity contribution in [3.8, 4) is 11.3 Å². The molecule has 0 saturated carbocycles. The van der Waals surface area contributed by atoms with Gasteiger partial charge in [0.1, 0.15) is 0 Å². The van der Waals surface area contributed by atoms with Gasteiger partial charge in [-0.1, -0.05) is 39.8 Å². The summed E-state index contributed by atoms with van der Waals surface area (Å²) in [6, 6.07) is 12.8. The zero-order valence-electron chi connectivity index (χ0n) is 17.2. The number of nitrogens with one attached hydrogen (secondary N) is 1. The SMILES string of the molecule is CC1(C)CCC(C)(C)c2cc(-c3ccnc(NCc4ccncc4)n3)ccc21. The minimum Gasteiger partial charge on any atom is -0.350 e. The van der Waals surface area contributed by atoms with Crippen LogP contribution in [0.1, 0.15) is 57.2 Å². The van der Waals surface area contributed by atoms with Crippen LogP contribution in [0.3, 0.4) is 0 Å². The summed E-state index contributed by atoms with van der Waals surface area (Å²) in [5, 5.41) is 3.31. The average molecular weight is 373 g/mol. The van der Waals surface area contributed by atoms with Crippen LogP contribution >= 0.6 is 0 Å². The fraction of sp³-hybridized carbons (Fsp3) is 0.375. The number of hydrogen-bond donors (Lipinski definition) is 1. The summed E-state index contributed by atoms with van der Waals surface area (Å²) in [6.07, 6.45) is 7.85. The van der Waals surface area contributed by atoms with Crippen LogP contribution in [0.15, 0.2) is 55.0 Å². The second kappa shape index (κ2) is 7.01. The molecule has 1 N–H and O–H groups in total. The first kappa shape index (κ1) is 18.6. The molecule has 0 fully saturated rings. The van der Waals surface area contributed by atoms with Gasteiger partial charge in [0, 0.05) is 30.7 Å². The molecule has 4 rings (SSSR count). The standard InChI is InChI=1S/C24H28N4/c1-23(2)10-11-24(3,4)20-15-18(5-6-19(20)23)21-9-14-26-22(28-21)27-16-17-7-12-25-13-8-17/h5-9,12-15H,10-11,16H2,1-4H3,(H,26,27,28). The lowest BCUT2D eigenvalue weighted by atomic mass is 9.63. The largest absolute Gasteiger partial charge is 0.350 e. The Balaban J connectivity index is 1.63. The van der Waals surface area contributed by atoms with Crippen molar-refractivity contribution in [1.82, 2.24) is 15.0 Å². The molecule has 1 aliphatic carbocycles. The van der Waals surface area contributed by atoms with Crippen LogP contribution in [-0.2, 0) is 17.4 Å². The Morgan fingerprint density at radius 3 is 2.32 bits per heavy atom. The van der Waals surface area contributed by atoms with Crippen molar-refractivity contribution in [1.29, 1.82) is 0 Å². The molecule has 1 aliphatic rings. The molecule has 0 bridgehead atoms. The Labute approximate surface area is 167 Å². The second-order valence-electron chi connectivity index (χ2n) is 9.00. The molecule has 2 aromatic heterocycles. The maximum Gasteiger partial charge on any atom is 0.223 e. The quantitative estimate of drug-likeness (QED) is 0.657. The molecule has 0 aliphatic heterocycles. The van der Waals surface area contributed by atoms with Gasteiger partial charge in [0.15, 0.2) is 0 Å². The molecule has 0 amide bonds. The lowest BCUT2D eigenvalue weighted by molar-refractivity contribution is 0.332. The highest BCUT2D eigenvalue weighted by Gasteiger charge is 2.37. The van der Waals surface area contributed by atoms with Crippen LogP contribution < -0.4 is 5.32 Å². The van der Waals surface area contributed by atoms with Gasteiger partial charge in [-0.25, -0.2) is 9.97 Å². The third kappa shape index (κ3) is 3.64. The molecule has 0 radical (unpaired) electrons. The van der Waals surface area contributed by atoms with Crippen LogP contribution in [0.5, 0.6) is 0 Å². The highest BCUT2D eigenvalue weighted by Crippen LogP contribution is 2.46. The van der Waals surface area contributed by atoms with Gasteiger partial charge in [0.2, 0.25) is 5.95 Å². The van der Waals surface area contributed by atoms with Crippen LogP contribution in [0.2, 0.25) is 0 Å². The molecule has 144 valence electrons. The van der Waals surface area contributed by atoms with Crippen molar-refractivity contribution < 1.29 is 0 Å². The summed E-state index contributed by atoms with van der Waals surface area (Å²) in [7, 11) is 0. The number of pyridine rings is 1. The molecule has 4 heteroatoms. The van der Waals surface area contributed by atoms with Gasteiger partial charge in [-0.2, -0.15) is 0 Å². The van der Waals surface area contributed by atoms with E-state index in [1.54, 1.807) is 12.4 Å². The Hall–Kier alpha value is -2.75. The second-order valence-corrected chi connectivity index (χ2v) is 9.00. The summed E-state index contributed by atoms with van der Waals surface area (Å²) in [4.78, 5) is 13.2. The first-order valence-corrected chi connectivity index (χ1v) is 9.96. The van der Waals surface area contributed by atoms with Gasteiger partial charge in [0.25, 0.3) is 0 Å². The highest BCUT2D eigenvalue weighted by atomic mass is 15.1. The van der Waals surface area contributed by atoms with E-state index in [0.29, 0.717) is 12.5 Å². The van der Waals surface area contributed by atoms with E-state index < -0.39 is 0 Å². The maximum absolute atomic E-state index is 4.75. The van der Waals surface area contributed by atoms with Gasteiger partial charge >= 0.3 is 0 Å². The van der Waals surface area contributed by atoms with Crippen molar-refractivity contribution in [2.24, 2.45) is 0 Å². The molecule has 28 heavy (non-hydrogen) atoms. The van der Waals surface area contributed by atoms with Crippen molar-refractivity contribution in [3.63, 3.8) is 0 Å². The van der Waals surface area contributed by atoms with Crippen molar-refractivity contribution in [2.75, 3.05) is 5.32 Å². The van der Waals surface area contributed by atoms with E-state index in [1.807, 2.05) is 24.4 Å². The first-order chi connectivity index (χ1) is 13.4. The summed E-state index contributed by atoms with van der Waals surface area (Å²) in [5.41, 5.74) is 6.60. The smallest absolute Gasteiger partial charge is 0.223 e. The third-order valence-corrected chi connectivity index (χ3v) is 6.00.